The van der Waals surface area contributed by atoms with Crippen molar-refractivity contribution in [2.75, 3.05) is 0 Å². The van der Waals surface area contributed by atoms with Crippen LogP contribution in [0.15, 0.2) is 53.1 Å². The Morgan fingerprint density at radius 3 is 2.36 bits per heavy atom. The highest BCUT2D eigenvalue weighted by atomic mass is 79.9. The molecule has 0 fully saturated rings. The van der Waals surface area contributed by atoms with Crippen molar-refractivity contribution in [3.05, 3.63) is 64.4 Å². The van der Waals surface area contributed by atoms with Gasteiger partial charge in [0, 0.05) is 16.2 Å². The molecule has 0 saturated heterocycles. The summed E-state index contributed by atoms with van der Waals surface area (Å²) in [5, 5.41) is 2.44. The second-order valence-corrected chi connectivity index (χ2v) is 5.41. The molecule has 0 saturated carbocycles. The first-order chi connectivity index (χ1) is 10.6. The lowest BCUT2D eigenvalue weighted by molar-refractivity contribution is 0.0930. The lowest BCUT2D eigenvalue weighted by Crippen LogP contribution is -2.48. The number of amides is 2. The van der Waals surface area contributed by atoms with Crippen LogP contribution in [0.1, 0.15) is 20.8 Å². The average Bonchev–Trinajstić information content (AvgIpc) is 2.54. The topological polar surface area (TPSA) is 83.1 Å². The first-order valence-corrected chi connectivity index (χ1v) is 7.34. The SMILES string of the molecule is O=C(NC(=S)NNC(=O)c1ccccn1)c1ccc(Br)cc1. The lowest BCUT2D eigenvalue weighted by atomic mass is 10.2. The van der Waals surface area contributed by atoms with Crippen LogP contribution in [0.25, 0.3) is 0 Å². The van der Waals surface area contributed by atoms with Gasteiger partial charge in [-0.05, 0) is 48.6 Å². The summed E-state index contributed by atoms with van der Waals surface area (Å²) < 4.78 is 0.868. The van der Waals surface area contributed by atoms with E-state index in [1.54, 1.807) is 42.5 Å². The normalized spacial score (nSPS) is 9.68. The maximum atomic E-state index is 11.9. The summed E-state index contributed by atoms with van der Waals surface area (Å²) in [5.74, 6) is -0.835. The highest BCUT2D eigenvalue weighted by Gasteiger charge is 2.09. The molecule has 1 aromatic heterocycles. The van der Waals surface area contributed by atoms with E-state index < -0.39 is 5.91 Å². The minimum absolute atomic E-state index is 0.0165. The summed E-state index contributed by atoms with van der Waals surface area (Å²) in [6.45, 7) is 0. The molecule has 8 heteroatoms. The monoisotopic (exact) mass is 378 g/mol. The third-order valence-corrected chi connectivity index (χ3v) is 3.25. The van der Waals surface area contributed by atoms with Gasteiger partial charge in [0.15, 0.2) is 5.11 Å². The number of carbonyl (C=O) groups excluding carboxylic acids is 2. The minimum Gasteiger partial charge on any atom is -0.298 e. The van der Waals surface area contributed by atoms with Gasteiger partial charge in [-0.3, -0.25) is 30.7 Å². The van der Waals surface area contributed by atoms with E-state index in [-0.39, 0.29) is 16.7 Å². The Hall–Kier alpha value is -2.32. The van der Waals surface area contributed by atoms with Crippen molar-refractivity contribution in [2.45, 2.75) is 0 Å². The molecule has 0 aliphatic heterocycles. The number of pyridine rings is 1. The van der Waals surface area contributed by atoms with Gasteiger partial charge in [-0.1, -0.05) is 22.0 Å². The van der Waals surface area contributed by atoms with Crippen molar-refractivity contribution < 1.29 is 9.59 Å². The van der Waals surface area contributed by atoms with Gasteiger partial charge >= 0.3 is 0 Å². The number of aromatic nitrogens is 1. The molecule has 0 aliphatic carbocycles. The van der Waals surface area contributed by atoms with Crippen molar-refractivity contribution in [3.8, 4) is 0 Å². The Morgan fingerprint density at radius 1 is 1.00 bits per heavy atom. The molecule has 1 aromatic carbocycles. The molecule has 22 heavy (non-hydrogen) atoms. The number of nitrogens with zero attached hydrogens (tertiary/aromatic N) is 1. The van der Waals surface area contributed by atoms with E-state index in [1.807, 2.05) is 0 Å². The third-order valence-electron chi connectivity index (χ3n) is 2.52. The molecule has 112 valence electrons. The van der Waals surface area contributed by atoms with Gasteiger partial charge in [-0.25, -0.2) is 0 Å². The van der Waals surface area contributed by atoms with Crippen molar-refractivity contribution in [2.24, 2.45) is 0 Å². The quantitative estimate of drug-likeness (QED) is 0.548. The molecule has 3 N–H and O–H groups in total. The first-order valence-electron chi connectivity index (χ1n) is 6.14. The van der Waals surface area contributed by atoms with Crippen molar-refractivity contribution >= 4 is 45.1 Å². The summed E-state index contributed by atoms with van der Waals surface area (Å²) in [6, 6.07) is 11.7. The smallest absolute Gasteiger partial charge is 0.288 e. The van der Waals surface area contributed by atoms with Crippen LogP contribution in [-0.2, 0) is 0 Å². The number of hydrazine groups is 1. The molecular weight excluding hydrogens is 368 g/mol. The van der Waals surface area contributed by atoms with Gasteiger partial charge in [0.2, 0.25) is 0 Å². The summed E-state index contributed by atoms with van der Waals surface area (Å²) in [6.07, 6.45) is 1.50. The number of nitrogens with one attached hydrogen (secondary N) is 3. The fourth-order valence-electron chi connectivity index (χ4n) is 1.48. The molecule has 2 rings (SSSR count). The van der Waals surface area contributed by atoms with Crippen LogP contribution in [0.5, 0.6) is 0 Å². The fraction of sp³-hybridized carbons (Fsp3) is 0. The Labute approximate surface area is 140 Å². The molecule has 0 radical (unpaired) electrons. The number of hydrogen-bond acceptors (Lipinski definition) is 4. The Morgan fingerprint density at radius 2 is 1.73 bits per heavy atom. The van der Waals surface area contributed by atoms with Crippen LogP contribution >= 0.6 is 28.1 Å². The predicted octanol–water partition coefficient (Wildman–Crippen LogP) is 1.79. The number of hydrogen-bond donors (Lipinski definition) is 3. The molecule has 1 heterocycles. The van der Waals surface area contributed by atoms with Crippen LogP contribution in [0, 0.1) is 0 Å². The highest BCUT2D eigenvalue weighted by Crippen LogP contribution is 2.10. The summed E-state index contributed by atoms with van der Waals surface area (Å²) in [7, 11) is 0. The molecule has 0 bridgehead atoms. The predicted molar refractivity (Wildman–Crippen MR) is 89.0 cm³/mol. The Kier molecular flexibility index (Phi) is 5.56. The van der Waals surface area contributed by atoms with Gasteiger partial charge < -0.3 is 0 Å². The van der Waals surface area contributed by atoms with E-state index in [9.17, 15) is 9.59 Å². The molecule has 2 aromatic rings. The Balaban J connectivity index is 1.84. The second-order valence-electron chi connectivity index (χ2n) is 4.08. The van der Waals surface area contributed by atoms with E-state index in [0.29, 0.717) is 5.56 Å². The Bertz CT molecular complexity index is 692. The molecule has 2 amide bonds. The number of benzene rings is 1. The molecule has 6 nitrogen and oxygen atoms in total. The number of carbonyl (C=O) groups is 2. The van der Waals surface area contributed by atoms with Crippen LogP contribution < -0.4 is 16.2 Å². The van der Waals surface area contributed by atoms with Crippen LogP contribution in [0.3, 0.4) is 0 Å². The van der Waals surface area contributed by atoms with Crippen LogP contribution in [-0.4, -0.2) is 21.9 Å². The zero-order valence-electron chi connectivity index (χ0n) is 11.2. The molecule has 0 atom stereocenters. The molecular formula is C14H11BrN4O2S. The van der Waals surface area contributed by atoms with E-state index in [0.717, 1.165) is 4.47 Å². The van der Waals surface area contributed by atoms with Crippen LogP contribution in [0.4, 0.5) is 0 Å². The molecule has 0 unspecified atom stereocenters. The maximum Gasteiger partial charge on any atom is 0.288 e. The maximum absolute atomic E-state index is 11.9. The number of thiocarbonyl (C=S) groups is 1. The standard InChI is InChI=1S/C14H11BrN4O2S/c15-10-6-4-9(5-7-10)12(20)17-14(22)19-18-13(21)11-3-1-2-8-16-11/h1-8H,(H,18,21)(H2,17,19,20,22). The zero-order valence-corrected chi connectivity index (χ0v) is 13.6. The number of halogens is 1. The van der Waals surface area contributed by atoms with Gasteiger partial charge in [0.1, 0.15) is 5.69 Å². The van der Waals surface area contributed by atoms with Gasteiger partial charge in [-0.2, -0.15) is 0 Å². The fourth-order valence-corrected chi connectivity index (χ4v) is 1.89. The van der Waals surface area contributed by atoms with E-state index in [1.165, 1.54) is 6.20 Å². The van der Waals surface area contributed by atoms with E-state index in [2.05, 4.69) is 37.1 Å². The van der Waals surface area contributed by atoms with Gasteiger partial charge in [-0.15, -0.1) is 0 Å². The van der Waals surface area contributed by atoms with E-state index in [4.69, 9.17) is 12.2 Å². The largest absolute Gasteiger partial charge is 0.298 e. The highest BCUT2D eigenvalue weighted by molar-refractivity contribution is 9.10. The van der Waals surface area contributed by atoms with Crippen molar-refractivity contribution in [1.29, 1.82) is 0 Å². The first kappa shape index (κ1) is 16.1. The lowest BCUT2D eigenvalue weighted by Gasteiger charge is -2.10. The summed E-state index contributed by atoms with van der Waals surface area (Å²) in [5.41, 5.74) is 5.47. The zero-order chi connectivity index (χ0) is 15.9. The van der Waals surface area contributed by atoms with Crippen molar-refractivity contribution in [1.82, 2.24) is 21.2 Å². The third kappa shape index (κ3) is 4.61. The second kappa shape index (κ2) is 7.62. The molecule has 0 spiro atoms. The molecule has 0 aliphatic rings. The average molecular weight is 379 g/mol. The van der Waals surface area contributed by atoms with Crippen LogP contribution in [0.2, 0.25) is 0 Å². The van der Waals surface area contributed by atoms with E-state index >= 15 is 0 Å². The summed E-state index contributed by atoms with van der Waals surface area (Å²) >= 11 is 8.22. The van der Waals surface area contributed by atoms with Gasteiger partial charge in [0.05, 0.1) is 0 Å². The van der Waals surface area contributed by atoms with Gasteiger partial charge in [0.25, 0.3) is 11.8 Å². The minimum atomic E-state index is -0.458. The summed E-state index contributed by atoms with van der Waals surface area (Å²) in [4.78, 5) is 27.5. The van der Waals surface area contributed by atoms with Crippen molar-refractivity contribution in [3.63, 3.8) is 0 Å². The number of rotatable bonds is 2.